The van der Waals surface area contributed by atoms with Gasteiger partial charge in [0.1, 0.15) is 0 Å². The van der Waals surface area contributed by atoms with Gasteiger partial charge in [-0.1, -0.05) is 0 Å². The van der Waals surface area contributed by atoms with E-state index in [1.54, 1.807) is 34.1 Å². The molecule has 2 saturated heterocycles. The quantitative estimate of drug-likeness (QED) is 0.652. The zero-order valence-corrected chi connectivity index (χ0v) is 19.1. The molecule has 182 valence electrons. The van der Waals surface area contributed by atoms with E-state index in [1.807, 2.05) is 0 Å². The van der Waals surface area contributed by atoms with Crippen molar-refractivity contribution in [1.29, 1.82) is 0 Å². The molecule has 2 aliphatic rings. The van der Waals surface area contributed by atoms with Crippen LogP contribution >= 0.6 is 0 Å². The van der Waals surface area contributed by atoms with Crippen LogP contribution in [0.25, 0.3) is 0 Å². The summed E-state index contributed by atoms with van der Waals surface area (Å²) in [7, 11) is -3.97. The first-order valence-corrected chi connectivity index (χ1v) is 12.4. The molecule has 0 spiro atoms. The summed E-state index contributed by atoms with van der Waals surface area (Å²) in [4.78, 5) is 28.0. The SMILES string of the molecule is O=C(c1ccc(N2CCCCC2=O)cc1)N1CCN(S(=O)(=O)c2ccc(C(F)(F)F)cc2)CC1. The summed E-state index contributed by atoms with van der Waals surface area (Å²) in [5.41, 5.74) is 0.262. The molecular formula is C23H24F3N3O4S. The molecule has 2 amide bonds. The maximum atomic E-state index is 12.9. The average Bonchev–Trinajstić information content (AvgIpc) is 2.84. The van der Waals surface area contributed by atoms with Gasteiger partial charge in [-0.15, -0.1) is 0 Å². The summed E-state index contributed by atoms with van der Waals surface area (Å²) >= 11 is 0. The van der Waals surface area contributed by atoms with Crippen LogP contribution in [0.2, 0.25) is 0 Å². The van der Waals surface area contributed by atoms with Crippen molar-refractivity contribution in [3.8, 4) is 0 Å². The number of benzene rings is 2. The van der Waals surface area contributed by atoms with E-state index in [1.165, 1.54) is 4.31 Å². The van der Waals surface area contributed by atoms with E-state index >= 15 is 0 Å². The lowest BCUT2D eigenvalue weighted by Gasteiger charge is -2.34. The minimum atomic E-state index is -4.55. The van der Waals surface area contributed by atoms with Crippen molar-refractivity contribution >= 4 is 27.5 Å². The summed E-state index contributed by atoms with van der Waals surface area (Å²) in [5.74, 6) is -0.182. The summed E-state index contributed by atoms with van der Waals surface area (Å²) in [6.07, 6.45) is -2.21. The first-order chi connectivity index (χ1) is 16.1. The Morgan fingerprint density at radius 2 is 1.44 bits per heavy atom. The van der Waals surface area contributed by atoms with E-state index in [0.717, 1.165) is 42.8 Å². The van der Waals surface area contributed by atoms with E-state index in [2.05, 4.69) is 0 Å². The summed E-state index contributed by atoms with van der Waals surface area (Å²) in [6, 6.07) is 10.2. The second-order valence-electron chi connectivity index (χ2n) is 8.27. The van der Waals surface area contributed by atoms with Crippen molar-refractivity contribution in [1.82, 2.24) is 9.21 Å². The Balaban J connectivity index is 1.38. The van der Waals surface area contributed by atoms with Gasteiger partial charge in [-0.05, 0) is 61.4 Å². The number of nitrogens with zero attached hydrogens (tertiary/aromatic N) is 3. The van der Waals surface area contributed by atoms with Crippen molar-refractivity contribution in [2.45, 2.75) is 30.3 Å². The minimum Gasteiger partial charge on any atom is -0.336 e. The number of halogens is 3. The molecule has 11 heteroatoms. The van der Waals surface area contributed by atoms with Crippen molar-refractivity contribution in [2.75, 3.05) is 37.6 Å². The number of piperidine rings is 1. The number of hydrogen-bond donors (Lipinski definition) is 0. The molecule has 2 aromatic rings. The zero-order chi connectivity index (χ0) is 24.5. The van der Waals surface area contributed by atoms with Gasteiger partial charge < -0.3 is 9.80 Å². The van der Waals surface area contributed by atoms with Gasteiger partial charge in [-0.3, -0.25) is 9.59 Å². The summed E-state index contributed by atoms with van der Waals surface area (Å²) < 4.78 is 65.1. The third kappa shape index (κ3) is 4.95. The number of carbonyl (C=O) groups excluding carboxylic acids is 2. The monoisotopic (exact) mass is 495 g/mol. The predicted octanol–water partition coefficient (Wildman–Crippen LogP) is 3.37. The molecule has 7 nitrogen and oxygen atoms in total. The molecular weight excluding hydrogens is 471 g/mol. The summed E-state index contributed by atoms with van der Waals surface area (Å²) in [6.45, 7) is 1.04. The lowest BCUT2D eigenvalue weighted by atomic mass is 10.1. The topological polar surface area (TPSA) is 78.0 Å². The zero-order valence-electron chi connectivity index (χ0n) is 18.3. The Hall–Kier alpha value is -2.92. The molecule has 4 rings (SSSR count). The van der Waals surface area contributed by atoms with Crippen molar-refractivity contribution in [3.05, 3.63) is 59.7 Å². The number of hydrogen-bond acceptors (Lipinski definition) is 4. The van der Waals surface area contributed by atoms with Crippen LogP contribution in [0.5, 0.6) is 0 Å². The van der Waals surface area contributed by atoms with E-state index in [9.17, 15) is 31.2 Å². The van der Waals surface area contributed by atoms with Crippen LogP contribution in [0.15, 0.2) is 53.4 Å². The van der Waals surface area contributed by atoms with Crippen LogP contribution in [0, 0.1) is 0 Å². The lowest BCUT2D eigenvalue weighted by Crippen LogP contribution is -2.50. The molecule has 0 radical (unpaired) electrons. The van der Waals surface area contributed by atoms with Gasteiger partial charge in [-0.2, -0.15) is 17.5 Å². The molecule has 0 atom stereocenters. The second-order valence-corrected chi connectivity index (χ2v) is 10.2. The van der Waals surface area contributed by atoms with Gasteiger partial charge in [0.05, 0.1) is 10.5 Å². The van der Waals surface area contributed by atoms with E-state index in [4.69, 9.17) is 0 Å². The van der Waals surface area contributed by atoms with Gasteiger partial charge in [0.15, 0.2) is 0 Å². The molecule has 0 unspecified atom stereocenters. The highest BCUT2D eigenvalue weighted by Gasteiger charge is 2.33. The Morgan fingerprint density at radius 1 is 0.824 bits per heavy atom. The van der Waals surface area contributed by atoms with Gasteiger partial charge in [0, 0.05) is 50.4 Å². The molecule has 0 aromatic heterocycles. The highest BCUT2D eigenvalue weighted by molar-refractivity contribution is 7.89. The molecule has 34 heavy (non-hydrogen) atoms. The second kappa shape index (κ2) is 9.38. The summed E-state index contributed by atoms with van der Waals surface area (Å²) in [5, 5.41) is 0. The number of rotatable bonds is 4. The van der Waals surface area contributed by atoms with Crippen LogP contribution in [-0.4, -0.2) is 62.2 Å². The third-order valence-corrected chi connectivity index (χ3v) is 8.01. The van der Waals surface area contributed by atoms with Crippen LogP contribution in [0.4, 0.5) is 18.9 Å². The van der Waals surface area contributed by atoms with E-state index in [0.29, 0.717) is 18.5 Å². The maximum absolute atomic E-state index is 12.9. The highest BCUT2D eigenvalue weighted by Crippen LogP contribution is 2.30. The number of alkyl halides is 3. The van der Waals surface area contributed by atoms with Gasteiger partial charge in [0.2, 0.25) is 15.9 Å². The number of piperazine rings is 1. The smallest absolute Gasteiger partial charge is 0.336 e. The molecule has 0 N–H and O–H groups in total. The maximum Gasteiger partial charge on any atom is 0.416 e. The number of anilines is 1. The van der Waals surface area contributed by atoms with Gasteiger partial charge >= 0.3 is 6.18 Å². The Labute approximate surface area is 195 Å². The largest absolute Gasteiger partial charge is 0.416 e. The van der Waals surface area contributed by atoms with Crippen LogP contribution in [0.3, 0.4) is 0 Å². The molecule has 0 bridgehead atoms. The van der Waals surface area contributed by atoms with E-state index in [-0.39, 0.29) is 42.9 Å². The molecule has 2 aromatic carbocycles. The standard InChI is InChI=1S/C23H24F3N3O4S/c24-23(25,26)18-6-10-20(11-7-18)34(32,33)28-15-13-27(14-16-28)22(31)17-4-8-19(9-5-17)29-12-2-1-3-21(29)30/h4-11H,1-3,12-16H2. The molecule has 0 saturated carbocycles. The van der Waals surface area contributed by atoms with Crippen molar-refractivity contribution < 1.29 is 31.2 Å². The minimum absolute atomic E-state index is 0.0372. The molecule has 2 fully saturated rings. The highest BCUT2D eigenvalue weighted by atomic mass is 32.2. The van der Waals surface area contributed by atoms with Gasteiger partial charge in [0.25, 0.3) is 5.91 Å². The number of carbonyl (C=O) groups is 2. The predicted molar refractivity (Wildman–Crippen MR) is 119 cm³/mol. The molecule has 0 aliphatic carbocycles. The number of sulfonamides is 1. The fourth-order valence-electron chi connectivity index (χ4n) is 4.14. The lowest BCUT2D eigenvalue weighted by molar-refractivity contribution is -0.137. The van der Waals surface area contributed by atoms with Crippen molar-refractivity contribution in [3.63, 3.8) is 0 Å². The average molecular weight is 496 g/mol. The Morgan fingerprint density at radius 3 is 2.00 bits per heavy atom. The fraction of sp³-hybridized carbons (Fsp3) is 0.391. The molecule has 2 aliphatic heterocycles. The Kier molecular flexibility index (Phi) is 6.68. The molecule has 2 heterocycles. The van der Waals surface area contributed by atoms with Crippen molar-refractivity contribution in [2.24, 2.45) is 0 Å². The van der Waals surface area contributed by atoms with E-state index < -0.39 is 21.8 Å². The van der Waals surface area contributed by atoms with Gasteiger partial charge in [-0.25, -0.2) is 8.42 Å². The first-order valence-electron chi connectivity index (χ1n) is 10.9. The fourth-order valence-corrected chi connectivity index (χ4v) is 5.56. The number of amides is 2. The Bertz CT molecular complexity index is 1160. The van der Waals surface area contributed by atoms with Crippen LogP contribution in [0.1, 0.15) is 35.2 Å². The van der Waals surface area contributed by atoms with Crippen LogP contribution in [-0.2, 0) is 21.0 Å². The normalized spacial score (nSPS) is 18.3. The first kappa shape index (κ1) is 24.2. The van der Waals surface area contributed by atoms with Crippen LogP contribution < -0.4 is 4.90 Å². The third-order valence-electron chi connectivity index (χ3n) is 6.09.